The Bertz CT molecular complexity index is 1130. The number of pyridine rings is 1. The molecule has 34 heavy (non-hydrogen) atoms. The highest BCUT2D eigenvalue weighted by atomic mass is 19.4. The summed E-state index contributed by atoms with van der Waals surface area (Å²) in [5.41, 5.74) is 0.518. The zero-order valence-corrected chi connectivity index (χ0v) is 18.5. The molecule has 6 rings (SSSR count). The molecule has 0 bridgehead atoms. The number of aromatic amines is 1. The summed E-state index contributed by atoms with van der Waals surface area (Å²) in [6.07, 6.45) is -0.0225. The number of fused-ring (bicyclic) bond motifs is 2. The highest BCUT2D eigenvalue weighted by Crippen LogP contribution is 2.53. The van der Waals surface area contributed by atoms with E-state index in [-0.39, 0.29) is 47.1 Å². The number of H-pyrrole nitrogens is 1. The molecule has 8 nitrogen and oxygen atoms in total. The molecule has 0 unspecified atom stereocenters. The quantitative estimate of drug-likeness (QED) is 0.696. The van der Waals surface area contributed by atoms with Gasteiger partial charge in [0.05, 0.1) is 17.7 Å². The number of ether oxygens (including phenoxy) is 1. The minimum atomic E-state index is -4.40. The van der Waals surface area contributed by atoms with E-state index in [1.165, 1.54) is 6.07 Å². The van der Waals surface area contributed by atoms with Crippen LogP contribution in [0.3, 0.4) is 0 Å². The van der Waals surface area contributed by atoms with Crippen LogP contribution in [0.25, 0.3) is 11.0 Å². The average Bonchev–Trinajstić information content (AvgIpc) is 3.17. The molecule has 4 aliphatic rings. The van der Waals surface area contributed by atoms with Gasteiger partial charge >= 0.3 is 12.2 Å². The van der Waals surface area contributed by atoms with Crippen molar-refractivity contribution in [2.24, 2.45) is 11.3 Å². The number of hydrogen-bond donors (Lipinski definition) is 2. The maximum Gasteiger partial charge on any atom is 0.418 e. The Morgan fingerprint density at radius 1 is 1.24 bits per heavy atom. The number of piperidine rings is 1. The second-order valence-electron chi connectivity index (χ2n) is 10.3. The Kier molecular flexibility index (Phi) is 4.84. The molecule has 2 aromatic rings. The van der Waals surface area contributed by atoms with Gasteiger partial charge in [0.25, 0.3) is 0 Å². The second kappa shape index (κ2) is 7.59. The maximum atomic E-state index is 13.1. The zero-order valence-electron chi connectivity index (χ0n) is 18.5. The number of urea groups is 1. The van der Waals surface area contributed by atoms with Gasteiger partial charge in [-0.25, -0.2) is 9.78 Å². The van der Waals surface area contributed by atoms with Crippen molar-refractivity contribution in [2.45, 2.75) is 44.0 Å². The lowest BCUT2D eigenvalue weighted by molar-refractivity contribution is -0.140. The zero-order chi connectivity index (χ0) is 23.7. The predicted octanol–water partition coefficient (Wildman–Crippen LogP) is 2.55. The molecule has 11 heteroatoms. The summed E-state index contributed by atoms with van der Waals surface area (Å²) in [6.45, 7) is 2.66. The van der Waals surface area contributed by atoms with E-state index >= 15 is 0 Å². The third-order valence-electron chi connectivity index (χ3n) is 7.76. The molecule has 5 heterocycles. The number of amides is 3. The predicted molar refractivity (Wildman–Crippen MR) is 115 cm³/mol. The summed E-state index contributed by atoms with van der Waals surface area (Å²) in [5.74, 6) is 0.286. The molecule has 2 aromatic heterocycles. The maximum absolute atomic E-state index is 13.1. The fraction of sp³-hybridized carbons (Fsp3) is 0.609. The van der Waals surface area contributed by atoms with Gasteiger partial charge in [-0.3, -0.25) is 4.79 Å². The number of carbonyl (C=O) groups is 2. The summed E-state index contributed by atoms with van der Waals surface area (Å²) >= 11 is 0. The fourth-order valence-corrected chi connectivity index (χ4v) is 6.23. The smallest absolute Gasteiger partial charge is 0.366 e. The van der Waals surface area contributed by atoms with Gasteiger partial charge in [-0.15, -0.1) is 0 Å². The molecule has 4 fully saturated rings. The molecule has 182 valence electrons. The number of aromatic nitrogens is 2. The van der Waals surface area contributed by atoms with E-state index < -0.39 is 11.7 Å². The Morgan fingerprint density at radius 3 is 2.79 bits per heavy atom. The first kappa shape index (κ1) is 21.7. The van der Waals surface area contributed by atoms with Crippen LogP contribution in [0.4, 0.5) is 18.0 Å². The van der Waals surface area contributed by atoms with E-state index in [1.807, 2.05) is 9.80 Å². The van der Waals surface area contributed by atoms with Gasteiger partial charge in [0.2, 0.25) is 5.91 Å². The van der Waals surface area contributed by atoms with Crippen LogP contribution >= 0.6 is 0 Å². The number of halogens is 3. The lowest BCUT2D eigenvalue weighted by Gasteiger charge is -2.60. The van der Waals surface area contributed by atoms with Crippen LogP contribution in [0, 0.1) is 11.3 Å². The van der Waals surface area contributed by atoms with E-state index in [1.54, 1.807) is 6.07 Å². The summed E-state index contributed by atoms with van der Waals surface area (Å²) in [4.78, 5) is 35.3. The largest absolute Gasteiger partial charge is 0.418 e. The molecule has 2 atom stereocenters. The number of carbonyl (C=O) groups excluding carboxylic acids is 2. The van der Waals surface area contributed by atoms with E-state index in [2.05, 4.69) is 15.3 Å². The number of nitrogens with zero attached hydrogens (tertiary/aromatic N) is 3. The van der Waals surface area contributed by atoms with Crippen LogP contribution in [0.1, 0.15) is 30.5 Å². The number of likely N-dealkylation sites (tertiary alicyclic amines) is 2. The summed E-state index contributed by atoms with van der Waals surface area (Å²) in [6, 6.07) is 3.06. The van der Waals surface area contributed by atoms with Crippen LogP contribution in [0.15, 0.2) is 18.3 Å². The highest BCUT2D eigenvalue weighted by molar-refractivity contribution is 5.80. The molecular formula is C23H26F3N5O3. The first-order chi connectivity index (χ1) is 16.2. The number of hydrogen-bond acceptors (Lipinski definition) is 4. The van der Waals surface area contributed by atoms with Crippen LogP contribution in [-0.4, -0.2) is 76.6 Å². The molecule has 0 aromatic carbocycles. The van der Waals surface area contributed by atoms with Gasteiger partial charge in [0, 0.05) is 48.9 Å². The van der Waals surface area contributed by atoms with Crippen molar-refractivity contribution in [3.05, 3.63) is 29.6 Å². The molecule has 3 aliphatic heterocycles. The second-order valence-corrected chi connectivity index (χ2v) is 10.3. The van der Waals surface area contributed by atoms with Gasteiger partial charge in [-0.1, -0.05) is 0 Å². The van der Waals surface area contributed by atoms with Crippen molar-refractivity contribution in [1.29, 1.82) is 0 Å². The van der Waals surface area contributed by atoms with Crippen LogP contribution in [0.5, 0.6) is 0 Å². The van der Waals surface area contributed by atoms with Crippen molar-refractivity contribution in [3.8, 4) is 0 Å². The van der Waals surface area contributed by atoms with Crippen molar-refractivity contribution >= 4 is 23.0 Å². The molecule has 2 N–H and O–H groups in total. The minimum Gasteiger partial charge on any atom is -0.366 e. The summed E-state index contributed by atoms with van der Waals surface area (Å²) in [7, 11) is 0. The standard InChI is InChI=1S/C23H26F3N5O3/c24-23(25,26)16-8-27-20-15(16)2-1-14(28-20)5-13-6-22(7-13)11-31(12-22)21(33)30-4-3-18-17(9-30)29-19(32)10-34-18/h1-2,8,13,17-18H,3-7,9-12H2,(H,27,28)(H,29,32)/t17-,18+/m1/s1. The Hall–Kier alpha value is -2.82. The SMILES string of the molecule is O=C1CO[C@H]2CCN(C(=O)N3CC4(CC(Cc5ccc6c(C(F)(F)F)c[nH]c6n5)C4)C3)C[C@H]2N1. The van der Waals surface area contributed by atoms with Gasteiger partial charge in [0.1, 0.15) is 12.3 Å². The van der Waals surface area contributed by atoms with Gasteiger partial charge < -0.3 is 24.8 Å². The third kappa shape index (κ3) is 3.70. The Morgan fingerprint density at radius 2 is 2.03 bits per heavy atom. The lowest BCUT2D eigenvalue weighted by Crippen LogP contribution is -2.68. The fourth-order valence-electron chi connectivity index (χ4n) is 6.23. The topological polar surface area (TPSA) is 90.6 Å². The third-order valence-corrected chi connectivity index (χ3v) is 7.76. The average molecular weight is 477 g/mol. The van der Waals surface area contributed by atoms with Crippen molar-refractivity contribution in [3.63, 3.8) is 0 Å². The minimum absolute atomic E-state index is 0.0178. The lowest BCUT2D eigenvalue weighted by atomic mass is 9.57. The van der Waals surface area contributed by atoms with Crippen LogP contribution < -0.4 is 5.32 Å². The molecule has 3 amide bonds. The molecule has 1 aliphatic carbocycles. The number of rotatable bonds is 2. The molecule has 0 radical (unpaired) electrons. The summed E-state index contributed by atoms with van der Waals surface area (Å²) in [5, 5.41) is 3.02. The van der Waals surface area contributed by atoms with Crippen molar-refractivity contribution in [2.75, 3.05) is 32.8 Å². The van der Waals surface area contributed by atoms with Crippen LogP contribution in [0.2, 0.25) is 0 Å². The van der Waals surface area contributed by atoms with Crippen LogP contribution in [-0.2, 0) is 22.1 Å². The molecule has 1 spiro atoms. The van der Waals surface area contributed by atoms with E-state index in [0.29, 0.717) is 19.0 Å². The van der Waals surface area contributed by atoms with E-state index in [4.69, 9.17) is 4.74 Å². The molecular weight excluding hydrogens is 451 g/mol. The number of morpholine rings is 1. The van der Waals surface area contributed by atoms with Gasteiger partial charge in [0.15, 0.2) is 0 Å². The van der Waals surface area contributed by atoms with E-state index in [9.17, 15) is 22.8 Å². The highest BCUT2D eigenvalue weighted by Gasteiger charge is 2.54. The molecule has 1 saturated carbocycles. The van der Waals surface area contributed by atoms with Crippen molar-refractivity contribution in [1.82, 2.24) is 25.1 Å². The number of nitrogens with one attached hydrogen (secondary N) is 2. The first-order valence-electron chi connectivity index (χ1n) is 11.7. The summed E-state index contributed by atoms with van der Waals surface area (Å²) < 4.78 is 44.7. The monoisotopic (exact) mass is 477 g/mol. The van der Waals surface area contributed by atoms with Crippen molar-refractivity contribution < 1.29 is 27.5 Å². The van der Waals surface area contributed by atoms with Gasteiger partial charge in [-0.05, 0) is 43.7 Å². The Labute approximate surface area is 193 Å². The van der Waals surface area contributed by atoms with Gasteiger partial charge in [-0.2, -0.15) is 13.2 Å². The first-order valence-corrected chi connectivity index (χ1v) is 11.7. The molecule has 3 saturated heterocycles. The normalized spacial score (nSPS) is 26.7. The van der Waals surface area contributed by atoms with E-state index in [0.717, 1.165) is 50.7 Å². The number of alkyl halides is 3. The Balaban J connectivity index is 1.00.